The van der Waals surface area contributed by atoms with Gasteiger partial charge in [-0.2, -0.15) is 0 Å². The van der Waals surface area contributed by atoms with E-state index in [1.807, 2.05) is 43.3 Å². The number of rotatable bonds is 6. The van der Waals surface area contributed by atoms with Gasteiger partial charge in [-0.05, 0) is 74.7 Å². The van der Waals surface area contributed by atoms with E-state index in [4.69, 9.17) is 4.74 Å². The lowest BCUT2D eigenvalue weighted by atomic mass is 10.1. The van der Waals surface area contributed by atoms with Crippen LogP contribution in [0.1, 0.15) is 26.2 Å². The van der Waals surface area contributed by atoms with E-state index < -0.39 is 0 Å². The molecule has 0 aromatic heterocycles. The van der Waals surface area contributed by atoms with E-state index in [2.05, 4.69) is 27.7 Å². The van der Waals surface area contributed by atoms with E-state index in [1.165, 1.54) is 24.9 Å². The van der Waals surface area contributed by atoms with Crippen LogP contribution >= 0.6 is 0 Å². The van der Waals surface area contributed by atoms with Crippen LogP contribution < -0.4 is 20.3 Å². The van der Waals surface area contributed by atoms with Crippen molar-refractivity contribution in [2.75, 3.05) is 35.7 Å². The van der Waals surface area contributed by atoms with E-state index in [-0.39, 0.29) is 11.9 Å². The predicted molar refractivity (Wildman–Crippen MR) is 107 cm³/mol. The van der Waals surface area contributed by atoms with Crippen LogP contribution in [0.3, 0.4) is 0 Å². The van der Waals surface area contributed by atoms with E-state index in [1.54, 1.807) is 7.11 Å². The molecule has 3 rings (SSSR count). The van der Waals surface area contributed by atoms with Gasteiger partial charge in [0.15, 0.2) is 0 Å². The van der Waals surface area contributed by atoms with Crippen molar-refractivity contribution in [1.82, 2.24) is 0 Å². The number of nitrogens with zero attached hydrogens (tertiary/aromatic N) is 1. The summed E-state index contributed by atoms with van der Waals surface area (Å²) in [5.41, 5.74) is 2.96. The molecular weight excluding hydrogens is 326 g/mol. The minimum absolute atomic E-state index is 0.0738. The average molecular weight is 353 g/mol. The first-order valence-corrected chi connectivity index (χ1v) is 9.22. The molecule has 1 saturated heterocycles. The Morgan fingerprint density at radius 1 is 0.962 bits per heavy atom. The molecule has 1 heterocycles. The standard InChI is InChI=1S/C21H27N3O2/c1-16(21(25)23-18-8-12-20(26-2)13-9-18)22-17-6-10-19(11-7-17)24-14-4-3-5-15-24/h6-13,16,22H,3-5,14-15H2,1-2H3,(H,23,25)/t16-/m0/s1. The third kappa shape index (κ3) is 4.69. The topological polar surface area (TPSA) is 53.6 Å². The highest BCUT2D eigenvalue weighted by Gasteiger charge is 2.14. The number of methoxy groups -OCH3 is 1. The fourth-order valence-corrected chi connectivity index (χ4v) is 3.16. The van der Waals surface area contributed by atoms with Gasteiger partial charge in [-0.3, -0.25) is 4.79 Å². The van der Waals surface area contributed by atoms with Crippen LogP contribution in [0.15, 0.2) is 48.5 Å². The number of piperidine rings is 1. The maximum atomic E-state index is 12.4. The Morgan fingerprint density at radius 2 is 1.58 bits per heavy atom. The van der Waals surface area contributed by atoms with Crippen molar-refractivity contribution < 1.29 is 9.53 Å². The number of hydrogen-bond acceptors (Lipinski definition) is 4. The molecule has 1 atom stereocenters. The zero-order valence-electron chi connectivity index (χ0n) is 15.5. The monoisotopic (exact) mass is 353 g/mol. The molecule has 0 saturated carbocycles. The summed E-state index contributed by atoms with van der Waals surface area (Å²) in [7, 11) is 1.62. The third-order valence-corrected chi connectivity index (χ3v) is 4.72. The van der Waals surface area contributed by atoms with Crippen molar-refractivity contribution in [3.8, 4) is 5.75 Å². The van der Waals surface area contributed by atoms with Gasteiger partial charge < -0.3 is 20.3 Å². The van der Waals surface area contributed by atoms with Gasteiger partial charge in [0, 0.05) is 30.2 Å². The van der Waals surface area contributed by atoms with Gasteiger partial charge in [0.25, 0.3) is 0 Å². The molecule has 5 heteroatoms. The Bertz CT molecular complexity index is 707. The Morgan fingerprint density at radius 3 is 2.19 bits per heavy atom. The van der Waals surface area contributed by atoms with Gasteiger partial charge in [0.05, 0.1) is 7.11 Å². The van der Waals surface area contributed by atoms with E-state index in [0.717, 1.165) is 30.2 Å². The largest absolute Gasteiger partial charge is 0.497 e. The van der Waals surface area contributed by atoms with Crippen LogP contribution in [-0.4, -0.2) is 32.1 Å². The molecule has 0 aliphatic carbocycles. The summed E-state index contributed by atoms with van der Waals surface area (Å²) < 4.78 is 5.13. The molecule has 2 aromatic carbocycles. The average Bonchev–Trinajstić information content (AvgIpc) is 2.70. The normalized spacial score (nSPS) is 15.2. The fourth-order valence-electron chi connectivity index (χ4n) is 3.16. The zero-order chi connectivity index (χ0) is 18.4. The van der Waals surface area contributed by atoms with Gasteiger partial charge in [0.1, 0.15) is 11.8 Å². The molecule has 5 nitrogen and oxygen atoms in total. The third-order valence-electron chi connectivity index (χ3n) is 4.72. The Hall–Kier alpha value is -2.69. The maximum Gasteiger partial charge on any atom is 0.246 e. The van der Waals surface area contributed by atoms with Crippen LogP contribution in [0.2, 0.25) is 0 Å². The molecular formula is C21H27N3O2. The first-order chi connectivity index (χ1) is 12.7. The number of ether oxygens (including phenoxy) is 1. The van der Waals surface area contributed by atoms with Gasteiger partial charge in [0.2, 0.25) is 5.91 Å². The van der Waals surface area contributed by atoms with E-state index in [0.29, 0.717) is 0 Å². The van der Waals surface area contributed by atoms with Crippen LogP contribution in [-0.2, 0) is 4.79 Å². The number of benzene rings is 2. The molecule has 26 heavy (non-hydrogen) atoms. The highest BCUT2D eigenvalue weighted by Crippen LogP contribution is 2.22. The van der Waals surface area contributed by atoms with Gasteiger partial charge in [-0.1, -0.05) is 0 Å². The Balaban J connectivity index is 1.54. The van der Waals surface area contributed by atoms with Crippen molar-refractivity contribution >= 4 is 23.0 Å². The molecule has 1 aliphatic heterocycles. The molecule has 1 fully saturated rings. The number of hydrogen-bond donors (Lipinski definition) is 2. The quantitative estimate of drug-likeness (QED) is 0.820. The van der Waals surface area contributed by atoms with Gasteiger partial charge in [-0.15, -0.1) is 0 Å². The Kier molecular flexibility index (Phi) is 6.00. The molecule has 2 N–H and O–H groups in total. The maximum absolute atomic E-state index is 12.4. The first kappa shape index (κ1) is 18.1. The number of anilines is 3. The highest BCUT2D eigenvalue weighted by atomic mass is 16.5. The summed E-state index contributed by atoms with van der Waals surface area (Å²) in [5, 5.41) is 6.17. The first-order valence-electron chi connectivity index (χ1n) is 9.22. The lowest BCUT2D eigenvalue weighted by Crippen LogP contribution is -2.32. The number of carbonyl (C=O) groups is 1. The summed E-state index contributed by atoms with van der Waals surface area (Å²) in [6.07, 6.45) is 3.86. The minimum Gasteiger partial charge on any atom is -0.497 e. The lowest BCUT2D eigenvalue weighted by Gasteiger charge is -2.29. The van der Waals surface area contributed by atoms with E-state index >= 15 is 0 Å². The lowest BCUT2D eigenvalue weighted by molar-refractivity contribution is -0.116. The fraction of sp³-hybridized carbons (Fsp3) is 0.381. The second-order valence-corrected chi connectivity index (χ2v) is 6.68. The predicted octanol–water partition coefficient (Wildman–Crippen LogP) is 4.12. The number of nitrogens with one attached hydrogen (secondary N) is 2. The molecule has 0 unspecified atom stereocenters. The van der Waals surface area contributed by atoms with Crippen LogP contribution in [0.25, 0.3) is 0 Å². The van der Waals surface area contributed by atoms with Gasteiger partial charge >= 0.3 is 0 Å². The number of carbonyl (C=O) groups excluding carboxylic acids is 1. The SMILES string of the molecule is COc1ccc(NC(=O)[C@H](C)Nc2ccc(N3CCCCC3)cc2)cc1. The molecule has 0 spiro atoms. The molecule has 138 valence electrons. The summed E-state index contributed by atoms with van der Waals surface area (Å²) in [4.78, 5) is 14.8. The molecule has 0 bridgehead atoms. The smallest absolute Gasteiger partial charge is 0.246 e. The molecule has 1 aliphatic rings. The summed E-state index contributed by atoms with van der Waals surface area (Å²) in [5.74, 6) is 0.693. The summed E-state index contributed by atoms with van der Waals surface area (Å²) >= 11 is 0. The van der Waals surface area contributed by atoms with E-state index in [9.17, 15) is 4.79 Å². The zero-order valence-corrected chi connectivity index (χ0v) is 15.5. The summed E-state index contributed by atoms with van der Waals surface area (Å²) in [6.45, 7) is 4.12. The Labute approximate surface area is 155 Å². The van der Waals surface area contributed by atoms with Gasteiger partial charge in [-0.25, -0.2) is 0 Å². The van der Waals surface area contributed by atoms with Crippen LogP contribution in [0.5, 0.6) is 5.75 Å². The van der Waals surface area contributed by atoms with Crippen molar-refractivity contribution in [2.24, 2.45) is 0 Å². The molecule has 0 radical (unpaired) electrons. The second-order valence-electron chi connectivity index (χ2n) is 6.68. The number of amides is 1. The second kappa shape index (κ2) is 8.61. The summed E-state index contributed by atoms with van der Waals surface area (Å²) in [6, 6.07) is 15.3. The highest BCUT2D eigenvalue weighted by molar-refractivity contribution is 5.96. The van der Waals surface area contributed by atoms with Crippen molar-refractivity contribution in [1.29, 1.82) is 0 Å². The molecule has 1 amide bonds. The van der Waals surface area contributed by atoms with Crippen LogP contribution in [0.4, 0.5) is 17.1 Å². The van der Waals surface area contributed by atoms with Crippen molar-refractivity contribution in [3.63, 3.8) is 0 Å². The minimum atomic E-state index is -0.335. The molecule has 2 aromatic rings. The van der Waals surface area contributed by atoms with Crippen molar-refractivity contribution in [2.45, 2.75) is 32.2 Å². The van der Waals surface area contributed by atoms with Crippen LogP contribution in [0, 0.1) is 0 Å². The van der Waals surface area contributed by atoms with Crippen molar-refractivity contribution in [3.05, 3.63) is 48.5 Å².